The summed E-state index contributed by atoms with van der Waals surface area (Å²) in [6.45, 7) is 4.41. The maximum absolute atomic E-state index is 11.6. The van der Waals surface area contributed by atoms with Gasteiger partial charge in [0, 0.05) is 5.75 Å². The molecule has 0 fully saturated rings. The Labute approximate surface area is 166 Å². The maximum atomic E-state index is 11.6. The van der Waals surface area contributed by atoms with Crippen molar-refractivity contribution in [2.75, 3.05) is 12.4 Å². The molecule has 146 valence electrons. The first-order valence-electron chi connectivity index (χ1n) is 9.78. The SMILES string of the molecule is CC/C=C\C/C=C\C/C=C\C/C=C\CC/C=C/CC(CS)C(=O)OCC. The smallest absolute Gasteiger partial charge is 0.310 e. The Morgan fingerprint density at radius 3 is 1.81 bits per heavy atom. The van der Waals surface area contributed by atoms with Crippen LogP contribution >= 0.6 is 12.6 Å². The Morgan fingerprint density at radius 1 is 0.808 bits per heavy atom. The van der Waals surface area contributed by atoms with Gasteiger partial charge in [-0.25, -0.2) is 0 Å². The van der Waals surface area contributed by atoms with Crippen LogP contribution in [0.1, 0.15) is 58.8 Å². The summed E-state index contributed by atoms with van der Waals surface area (Å²) in [5, 5.41) is 0. The maximum Gasteiger partial charge on any atom is 0.310 e. The highest BCUT2D eigenvalue weighted by Gasteiger charge is 2.15. The lowest BCUT2D eigenvalue weighted by Gasteiger charge is -2.10. The van der Waals surface area contributed by atoms with Gasteiger partial charge in [-0.1, -0.05) is 67.7 Å². The highest BCUT2D eigenvalue weighted by atomic mass is 32.1. The number of ether oxygens (including phenoxy) is 1. The predicted octanol–water partition coefficient (Wildman–Crippen LogP) is 6.63. The van der Waals surface area contributed by atoms with Gasteiger partial charge < -0.3 is 4.74 Å². The Kier molecular flexibility index (Phi) is 18.7. The molecular weight excluding hydrogens is 340 g/mol. The summed E-state index contributed by atoms with van der Waals surface area (Å²) in [5.74, 6) is 0.248. The summed E-state index contributed by atoms with van der Waals surface area (Å²) in [6.07, 6.45) is 28.7. The van der Waals surface area contributed by atoms with E-state index in [1.807, 2.05) is 6.92 Å². The van der Waals surface area contributed by atoms with Crippen molar-refractivity contribution in [3.05, 3.63) is 60.8 Å². The Balaban J connectivity index is 3.70. The lowest BCUT2D eigenvalue weighted by molar-refractivity contribution is -0.147. The van der Waals surface area contributed by atoms with Gasteiger partial charge in [-0.3, -0.25) is 4.79 Å². The van der Waals surface area contributed by atoms with Crippen molar-refractivity contribution in [2.24, 2.45) is 5.92 Å². The van der Waals surface area contributed by atoms with E-state index in [1.165, 1.54) is 0 Å². The van der Waals surface area contributed by atoms with Gasteiger partial charge in [0.1, 0.15) is 0 Å². The molecular formula is C23H36O2S. The normalized spacial score (nSPS) is 13.8. The number of thiol groups is 1. The zero-order chi connectivity index (χ0) is 19.3. The summed E-state index contributed by atoms with van der Waals surface area (Å²) < 4.78 is 5.03. The van der Waals surface area contributed by atoms with Crippen molar-refractivity contribution in [2.45, 2.75) is 58.8 Å². The van der Waals surface area contributed by atoms with Gasteiger partial charge in [0.15, 0.2) is 0 Å². The van der Waals surface area contributed by atoms with Crippen molar-refractivity contribution >= 4 is 18.6 Å². The van der Waals surface area contributed by atoms with Crippen LogP contribution in [0.4, 0.5) is 0 Å². The number of esters is 1. The molecule has 0 radical (unpaired) electrons. The highest BCUT2D eigenvalue weighted by molar-refractivity contribution is 7.80. The third kappa shape index (κ3) is 16.0. The van der Waals surface area contributed by atoms with Crippen LogP contribution in [0.15, 0.2) is 60.8 Å². The number of carbonyl (C=O) groups is 1. The lowest BCUT2D eigenvalue weighted by atomic mass is 10.1. The Morgan fingerprint density at radius 2 is 1.31 bits per heavy atom. The summed E-state index contributed by atoms with van der Waals surface area (Å²) in [4.78, 5) is 11.6. The molecule has 0 rings (SSSR count). The van der Waals surface area contributed by atoms with Crippen molar-refractivity contribution in [1.29, 1.82) is 0 Å². The topological polar surface area (TPSA) is 26.3 Å². The van der Waals surface area contributed by atoms with Crippen LogP contribution in [0.5, 0.6) is 0 Å². The van der Waals surface area contributed by atoms with E-state index in [4.69, 9.17) is 4.74 Å². The zero-order valence-electron chi connectivity index (χ0n) is 16.5. The molecule has 0 aromatic carbocycles. The largest absolute Gasteiger partial charge is 0.466 e. The minimum Gasteiger partial charge on any atom is -0.466 e. The zero-order valence-corrected chi connectivity index (χ0v) is 17.4. The fraction of sp³-hybridized carbons (Fsp3) is 0.522. The first kappa shape index (κ1) is 24.5. The van der Waals surface area contributed by atoms with E-state index >= 15 is 0 Å². The van der Waals surface area contributed by atoms with Gasteiger partial charge in [0.05, 0.1) is 12.5 Å². The number of rotatable bonds is 15. The molecule has 2 nitrogen and oxygen atoms in total. The van der Waals surface area contributed by atoms with Crippen LogP contribution in [0.2, 0.25) is 0 Å². The summed E-state index contributed by atoms with van der Waals surface area (Å²) >= 11 is 4.22. The molecule has 0 bridgehead atoms. The Bertz CT molecular complexity index is 473. The fourth-order valence-electron chi connectivity index (χ4n) is 2.17. The number of allylic oxidation sites excluding steroid dienone is 10. The standard InChI is InChI=1S/C23H36O2S/c1-3-5-6-7-8-9-10-11-12-13-14-15-16-17-18-19-20-22(21-26)23(24)25-4-2/h5-6,8-9,11-12,14-15,18-19,22,26H,3-4,7,10,13,16-17,20-21H2,1-2H3/b6-5-,9-8-,12-11-,15-14-,19-18+. The molecule has 0 saturated carbocycles. The number of hydrogen-bond acceptors (Lipinski definition) is 3. The highest BCUT2D eigenvalue weighted by Crippen LogP contribution is 2.09. The minimum absolute atomic E-state index is 0.132. The molecule has 26 heavy (non-hydrogen) atoms. The van der Waals surface area contributed by atoms with E-state index in [-0.39, 0.29) is 11.9 Å². The number of unbranched alkanes of at least 4 members (excludes halogenated alkanes) is 1. The molecule has 0 aromatic rings. The van der Waals surface area contributed by atoms with E-state index in [0.29, 0.717) is 18.8 Å². The predicted molar refractivity (Wildman–Crippen MR) is 118 cm³/mol. The van der Waals surface area contributed by atoms with Crippen LogP contribution in [0, 0.1) is 5.92 Å². The quantitative estimate of drug-likeness (QED) is 0.150. The third-order valence-corrected chi connectivity index (χ3v) is 4.09. The lowest BCUT2D eigenvalue weighted by Crippen LogP contribution is -2.18. The molecule has 1 atom stereocenters. The average Bonchev–Trinajstić information content (AvgIpc) is 2.64. The second-order valence-corrected chi connectivity index (χ2v) is 6.28. The van der Waals surface area contributed by atoms with E-state index in [9.17, 15) is 4.79 Å². The first-order chi connectivity index (χ1) is 12.8. The van der Waals surface area contributed by atoms with Gasteiger partial charge in [-0.05, 0) is 51.9 Å². The van der Waals surface area contributed by atoms with Crippen LogP contribution in [-0.2, 0) is 9.53 Å². The molecule has 0 aliphatic rings. The first-order valence-corrected chi connectivity index (χ1v) is 10.4. The molecule has 0 aromatic heterocycles. The molecule has 0 N–H and O–H groups in total. The van der Waals surface area contributed by atoms with E-state index in [0.717, 1.165) is 38.5 Å². The second-order valence-electron chi connectivity index (χ2n) is 5.92. The molecule has 0 aliphatic carbocycles. The van der Waals surface area contributed by atoms with E-state index in [2.05, 4.69) is 80.3 Å². The number of hydrogen-bond donors (Lipinski definition) is 1. The summed E-state index contributed by atoms with van der Waals surface area (Å²) in [6, 6.07) is 0. The van der Waals surface area contributed by atoms with E-state index in [1.54, 1.807) is 0 Å². The Hall–Kier alpha value is -1.48. The second kappa shape index (κ2) is 19.8. The molecule has 0 heterocycles. The molecule has 0 spiro atoms. The molecule has 0 saturated heterocycles. The minimum atomic E-state index is -0.147. The summed E-state index contributed by atoms with van der Waals surface area (Å²) in [5.41, 5.74) is 0. The van der Waals surface area contributed by atoms with Gasteiger partial charge in [0.25, 0.3) is 0 Å². The number of carbonyl (C=O) groups excluding carboxylic acids is 1. The van der Waals surface area contributed by atoms with Crippen LogP contribution in [-0.4, -0.2) is 18.3 Å². The van der Waals surface area contributed by atoms with Crippen LogP contribution in [0.3, 0.4) is 0 Å². The van der Waals surface area contributed by atoms with Gasteiger partial charge >= 0.3 is 5.97 Å². The van der Waals surface area contributed by atoms with Crippen molar-refractivity contribution in [3.63, 3.8) is 0 Å². The van der Waals surface area contributed by atoms with Gasteiger partial charge in [-0.15, -0.1) is 0 Å². The molecule has 3 heteroatoms. The van der Waals surface area contributed by atoms with Crippen molar-refractivity contribution in [1.82, 2.24) is 0 Å². The molecule has 0 amide bonds. The average molecular weight is 377 g/mol. The van der Waals surface area contributed by atoms with Crippen molar-refractivity contribution < 1.29 is 9.53 Å². The fourth-order valence-corrected chi connectivity index (χ4v) is 2.47. The van der Waals surface area contributed by atoms with Gasteiger partial charge in [0.2, 0.25) is 0 Å². The van der Waals surface area contributed by atoms with E-state index < -0.39 is 0 Å². The summed E-state index contributed by atoms with van der Waals surface area (Å²) in [7, 11) is 0. The molecule has 1 unspecified atom stereocenters. The molecule has 0 aliphatic heterocycles. The van der Waals surface area contributed by atoms with Crippen LogP contribution < -0.4 is 0 Å². The monoisotopic (exact) mass is 376 g/mol. The third-order valence-electron chi connectivity index (χ3n) is 3.65. The van der Waals surface area contributed by atoms with Gasteiger partial charge in [-0.2, -0.15) is 12.6 Å². The van der Waals surface area contributed by atoms with Crippen molar-refractivity contribution in [3.8, 4) is 0 Å². The van der Waals surface area contributed by atoms with Crippen LogP contribution in [0.25, 0.3) is 0 Å².